The predicted molar refractivity (Wildman–Crippen MR) is 62.8 cm³/mol. The molecule has 2 aromatic rings. The molecule has 0 aliphatic rings. The van der Waals surface area contributed by atoms with Crippen LogP contribution in [0.25, 0.3) is 11.3 Å². The van der Waals surface area contributed by atoms with Gasteiger partial charge in [0.15, 0.2) is 5.69 Å². The number of carbonyl (C=O) groups excluding carboxylic acids is 1. The van der Waals surface area contributed by atoms with Gasteiger partial charge in [-0.3, -0.25) is 9.55 Å². The molecule has 1 aromatic carbocycles. The first-order chi connectivity index (χ1) is 8.54. The second-order valence-corrected chi connectivity index (χ2v) is 3.71. The maximum absolute atomic E-state index is 12.9. The van der Waals surface area contributed by atoms with Crippen LogP contribution in [0.3, 0.4) is 0 Å². The normalized spacial score (nSPS) is 10.4. The number of nitrogens with one attached hydrogen (secondary N) is 1. The quantitative estimate of drug-likeness (QED) is 0.817. The summed E-state index contributed by atoms with van der Waals surface area (Å²) in [6, 6.07) is 5.50. The highest BCUT2D eigenvalue weighted by atomic mass is 19.1. The summed E-state index contributed by atoms with van der Waals surface area (Å²) < 4.78 is 18.7. The number of hydrogen-bond donors (Lipinski definition) is 1. The van der Waals surface area contributed by atoms with Crippen LogP contribution in [0.2, 0.25) is 0 Å². The van der Waals surface area contributed by atoms with Crippen molar-refractivity contribution >= 4 is 5.97 Å². The minimum Gasteiger partial charge on any atom is -0.464 e. The summed E-state index contributed by atoms with van der Waals surface area (Å²) in [4.78, 5) is 25.5. The van der Waals surface area contributed by atoms with Crippen molar-refractivity contribution in [3.05, 3.63) is 46.3 Å². The Hall–Kier alpha value is -2.37. The summed E-state index contributed by atoms with van der Waals surface area (Å²) in [5, 5.41) is 0. The summed E-state index contributed by atoms with van der Waals surface area (Å²) in [7, 11) is 2.74. The topological polar surface area (TPSA) is 64.1 Å². The Morgan fingerprint density at radius 3 is 2.50 bits per heavy atom. The van der Waals surface area contributed by atoms with Crippen molar-refractivity contribution in [2.45, 2.75) is 0 Å². The number of aromatic nitrogens is 2. The van der Waals surface area contributed by atoms with Crippen LogP contribution < -0.4 is 5.69 Å². The van der Waals surface area contributed by atoms with Crippen molar-refractivity contribution in [3.63, 3.8) is 0 Å². The lowest BCUT2D eigenvalue weighted by molar-refractivity contribution is 0.0595. The van der Waals surface area contributed by atoms with E-state index in [-0.39, 0.29) is 11.5 Å². The van der Waals surface area contributed by atoms with E-state index in [1.807, 2.05) is 0 Å². The Morgan fingerprint density at radius 1 is 1.33 bits per heavy atom. The van der Waals surface area contributed by atoms with E-state index in [9.17, 15) is 14.0 Å². The van der Waals surface area contributed by atoms with E-state index in [0.717, 1.165) is 0 Å². The minimum atomic E-state index is -0.646. The summed E-state index contributed by atoms with van der Waals surface area (Å²) in [5.41, 5.74) is 0.538. The zero-order valence-corrected chi connectivity index (χ0v) is 9.86. The molecule has 2 rings (SSSR count). The fraction of sp³-hybridized carbons (Fsp3) is 0.167. The number of esters is 1. The molecule has 5 nitrogen and oxygen atoms in total. The van der Waals surface area contributed by atoms with Crippen LogP contribution in [0, 0.1) is 5.82 Å². The lowest BCUT2D eigenvalue weighted by Crippen LogP contribution is -2.13. The first-order valence-corrected chi connectivity index (χ1v) is 5.18. The lowest BCUT2D eigenvalue weighted by Gasteiger charge is -2.04. The molecule has 94 valence electrons. The number of H-pyrrole nitrogens is 1. The zero-order chi connectivity index (χ0) is 13.3. The summed E-state index contributed by atoms with van der Waals surface area (Å²) >= 11 is 0. The highest BCUT2D eigenvalue weighted by Gasteiger charge is 2.20. The van der Waals surface area contributed by atoms with Gasteiger partial charge >= 0.3 is 11.7 Å². The van der Waals surface area contributed by atoms with E-state index in [2.05, 4.69) is 9.72 Å². The molecule has 1 aromatic heterocycles. The molecule has 0 amide bonds. The molecule has 0 saturated carbocycles. The lowest BCUT2D eigenvalue weighted by atomic mass is 10.1. The molecule has 0 unspecified atom stereocenters. The monoisotopic (exact) mass is 250 g/mol. The van der Waals surface area contributed by atoms with Crippen molar-refractivity contribution in [1.82, 2.24) is 9.55 Å². The van der Waals surface area contributed by atoms with Gasteiger partial charge in [0.05, 0.1) is 12.8 Å². The van der Waals surface area contributed by atoms with Gasteiger partial charge in [0.2, 0.25) is 0 Å². The Kier molecular flexibility index (Phi) is 3.01. The van der Waals surface area contributed by atoms with E-state index < -0.39 is 11.7 Å². The first-order valence-electron chi connectivity index (χ1n) is 5.18. The van der Waals surface area contributed by atoms with Gasteiger partial charge in [-0.25, -0.2) is 14.0 Å². The van der Waals surface area contributed by atoms with Crippen LogP contribution in [0.5, 0.6) is 0 Å². The Labute approximate surface area is 102 Å². The number of benzene rings is 1. The highest BCUT2D eigenvalue weighted by Crippen LogP contribution is 2.21. The van der Waals surface area contributed by atoms with Crippen molar-refractivity contribution in [3.8, 4) is 11.3 Å². The zero-order valence-electron chi connectivity index (χ0n) is 9.86. The van der Waals surface area contributed by atoms with Gasteiger partial charge in [0.25, 0.3) is 0 Å². The van der Waals surface area contributed by atoms with Crippen LogP contribution in [0.1, 0.15) is 10.5 Å². The molecule has 0 spiro atoms. The van der Waals surface area contributed by atoms with Gasteiger partial charge in [-0.05, 0) is 24.3 Å². The Morgan fingerprint density at radius 2 is 1.94 bits per heavy atom. The van der Waals surface area contributed by atoms with E-state index in [1.54, 1.807) is 0 Å². The molecule has 1 N–H and O–H groups in total. The molecule has 0 radical (unpaired) electrons. The maximum atomic E-state index is 12.9. The summed E-state index contributed by atoms with van der Waals surface area (Å²) in [5.74, 6) is -1.04. The average molecular weight is 250 g/mol. The number of nitrogens with zero attached hydrogens (tertiary/aromatic N) is 1. The molecular formula is C12H11FN2O3. The number of rotatable bonds is 2. The molecule has 0 bridgehead atoms. The van der Waals surface area contributed by atoms with Crippen LogP contribution in [-0.4, -0.2) is 22.6 Å². The predicted octanol–water partition coefficient (Wildman–Crippen LogP) is 1.31. The second kappa shape index (κ2) is 4.48. The van der Waals surface area contributed by atoms with Gasteiger partial charge < -0.3 is 4.74 Å². The van der Waals surface area contributed by atoms with E-state index in [0.29, 0.717) is 11.3 Å². The average Bonchev–Trinajstić information content (AvgIpc) is 2.66. The number of imidazole rings is 1. The molecule has 0 saturated heterocycles. The SMILES string of the molecule is COC(=O)c1[nH]c(=O)n(C)c1-c1ccc(F)cc1. The van der Waals surface area contributed by atoms with Crippen molar-refractivity contribution in [2.24, 2.45) is 7.05 Å². The molecular weight excluding hydrogens is 239 g/mol. The van der Waals surface area contributed by atoms with Gasteiger partial charge in [-0.15, -0.1) is 0 Å². The fourth-order valence-corrected chi connectivity index (χ4v) is 1.71. The number of hydrogen-bond acceptors (Lipinski definition) is 3. The Bertz CT molecular complexity index is 640. The van der Waals surface area contributed by atoms with Gasteiger partial charge in [0, 0.05) is 12.6 Å². The van der Waals surface area contributed by atoms with Gasteiger partial charge in [0.1, 0.15) is 5.82 Å². The Balaban J connectivity index is 2.66. The third kappa shape index (κ3) is 1.92. The molecule has 1 heterocycles. The number of methoxy groups -OCH3 is 1. The number of aromatic amines is 1. The van der Waals surface area contributed by atoms with Gasteiger partial charge in [-0.1, -0.05) is 0 Å². The van der Waals surface area contributed by atoms with Crippen molar-refractivity contribution in [1.29, 1.82) is 0 Å². The highest BCUT2D eigenvalue weighted by molar-refractivity contribution is 5.94. The largest absolute Gasteiger partial charge is 0.464 e. The molecule has 18 heavy (non-hydrogen) atoms. The standard InChI is InChI=1S/C12H11FN2O3/c1-15-10(7-3-5-8(13)6-4-7)9(11(16)18-2)14-12(15)17/h3-6H,1-2H3,(H,14,17). The smallest absolute Gasteiger partial charge is 0.356 e. The molecule has 0 aliphatic heterocycles. The van der Waals surface area contributed by atoms with Gasteiger partial charge in [-0.2, -0.15) is 0 Å². The molecule has 0 fully saturated rings. The van der Waals surface area contributed by atoms with E-state index in [1.165, 1.54) is 43.0 Å². The van der Waals surface area contributed by atoms with Crippen molar-refractivity contribution < 1.29 is 13.9 Å². The summed E-state index contributed by atoms with van der Waals surface area (Å²) in [6.45, 7) is 0. The van der Waals surface area contributed by atoms with Crippen molar-refractivity contribution in [2.75, 3.05) is 7.11 Å². The van der Waals surface area contributed by atoms with Crippen LogP contribution in [-0.2, 0) is 11.8 Å². The minimum absolute atomic E-state index is 0.0524. The molecule has 6 heteroatoms. The number of carbonyl (C=O) groups is 1. The van der Waals surface area contributed by atoms with E-state index in [4.69, 9.17) is 0 Å². The van der Waals surface area contributed by atoms with Crippen LogP contribution in [0.4, 0.5) is 4.39 Å². The number of halogens is 1. The van der Waals surface area contributed by atoms with Crippen LogP contribution >= 0.6 is 0 Å². The third-order valence-corrected chi connectivity index (χ3v) is 2.62. The molecule has 0 aliphatic carbocycles. The van der Waals surface area contributed by atoms with E-state index >= 15 is 0 Å². The maximum Gasteiger partial charge on any atom is 0.356 e. The summed E-state index contributed by atoms with van der Waals surface area (Å²) in [6.07, 6.45) is 0. The molecule has 0 atom stereocenters. The van der Waals surface area contributed by atoms with Crippen LogP contribution in [0.15, 0.2) is 29.1 Å². The second-order valence-electron chi connectivity index (χ2n) is 3.71. The fourth-order valence-electron chi connectivity index (χ4n) is 1.71. The number of ether oxygens (including phenoxy) is 1. The first kappa shape index (κ1) is 12.1. The third-order valence-electron chi connectivity index (χ3n) is 2.62.